The second-order valence-electron chi connectivity index (χ2n) is 4.53. The largest absolute Gasteiger partial charge is 0.493 e. The number of hydrogen-bond donors (Lipinski definition) is 1. The van der Waals surface area contributed by atoms with Crippen molar-refractivity contribution in [3.05, 3.63) is 18.2 Å². The SMILES string of the molecule is COc1cc(N)ccc1OCC1(CC#N)CC1. The molecule has 0 radical (unpaired) electrons. The summed E-state index contributed by atoms with van der Waals surface area (Å²) in [6.07, 6.45) is 2.69. The lowest BCUT2D eigenvalue weighted by Gasteiger charge is -2.15. The van der Waals surface area contributed by atoms with E-state index in [9.17, 15) is 0 Å². The van der Waals surface area contributed by atoms with Gasteiger partial charge in [0.25, 0.3) is 0 Å². The van der Waals surface area contributed by atoms with Gasteiger partial charge in [-0.2, -0.15) is 5.26 Å². The van der Waals surface area contributed by atoms with Crippen molar-refractivity contribution in [1.29, 1.82) is 5.26 Å². The second kappa shape index (κ2) is 4.54. The Morgan fingerprint density at radius 2 is 2.18 bits per heavy atom. The van der Waals surface area contributed by atoms with Gasteiger partial charge < -0.3 is 15.2 Å². The van der Waals surface area contributed by atoms with Crippen LogP contribution in [0.4, 0.5) is 5.69 Å². The number of nitrogens with two attached hydrogens (primary N) is 1. The summed E-state index contributed by atoms with van der Waals surface area (Å²) >= 11 is 0. The molecule has 1 saturated carbocycles. The van der Waals surface area contributed by atoms with Crippen LogP contribution >= 0.6 is 0 Å². The number of anilines is 1. The molecule has 0 aromatic heterocycles. The third kappa shape index (κ3) is 2.62. The van der Waals surface area contributed by atoms with Crippen molar-refractivity contribution in [2.75, 3.05) is 19.5 Å². The summed E-state index contributed by atoms with van der Waals surface area (Å²) in [7, 11) is 1.59. The van der Waals surface area contributed by atoms with Crippen LogP contribution in [0.3, 0.4) is 0 Å². The van der Waals surface area contributed by atoms with Crippen molar-refractivity contribution >= 4 is 5.69 Å². The quantitative estimate of drug-likeness (QED) is 0.791. The maximum Gasteiger partial charge on any atom is 0.162 e. The Balaban J connectivity index is 2.02. The molecule has 0 saturated heterocycles. The molecule has 4 heteroatoms. The molecule has 1 fully saturated rings. The van der Waals surface area contributed by atoms with Gasteiger partial charge in [-0.1, -0.05) is 0 Å². The summed E-state index contributed by atoms with van der Waals surface area (Å²) in [6, 6.07) is 7.53. The van der Waals surface area contributed by atoms with Crippen LogP contribution in [0, 0.1) is 16.7 Å². The summed E-state index contributed by atoms with van der Waals surface area (Å²) in [5.41, 5.74) is 6.38. The van der Waals surface area contributed by atoms with E-state index in [2.05, 4.69) is 6.07 Å². The van der Waals surface area contributed by atoms with E-state index >= 15 is 0 Å². The molecule has 17 heavy (non-hydrogen) atoms. The van der Waals surface area contributed by atoms with Gasteiger partial charge >= 0.3 is 0 Å². The number of nitrogen functional groups attached to an aromatic ring is 1. The first-order valence-electron chi connectivity index (χ1n) is 5.62. The number of ether oxygens (including phenoxy) is 2. The molecule has 1 aliphatic carbocycles. The third-order valence-electron chi connectivity index (χ3n) is 3.13. The van der Waals surface area contributed by atoms with Crippen molar-refractivity contribution in [3.63, 3.8) is 0 Å². The van der Waals surface area contributed by atoms with E-state index in [1.165, 1.54) is 0 Å². The average Bonchev–Trinajstić information content (AvgIpc) is 3.08. The smallest absolute Gasteiger partial charge is 0.162 e. The Kier molecular flexibility index (Phi) is 3.10. The predicted octanol–water partition coefficient (Wildman–Crippen LogP) is 2.35. The zero-order valence-electron chi connectivity index (χ0n) is 9.90. The van der Waals surface area contributed by atoms with Crippen LogP contribution in [-0.4, -0.2) is 13.7 Å². The summed E-state index contributed by atoms with van der Waals surface area (Å²) in [4.78, 5) is 0. The molecular weight excluding hydrogens is 216 g/mol. The average molecular weight is 232 g/mol. The van der Waals surface area contributed by atoms with Gasteiger partial charge in [0, 0.05) is 23.6 Å². The predicted molar refractivity (Wildman–Crippen MR) is 64.8 cm³/mol. The standard InChI is InChI=1S/C13H16N2O2/c1-16-12-8-10(15)2-3-11(12)17-9-13(4-5-13)6-7-14/h2-3,8H,4-6,9,15H2,1H3. The van der Waals surface area contributed by atoms with E-state index in [4.69, 9.17) is 20.5 Å². The van der Waals surface area contributed by atoms with Crippen molar-refractivity contribution in [1.82, 2.24) is 0 Å². The van der Waals surface area contributed by atoms with E-state index in [1.54, 1.807) is 25.3 Å². The number of rotatable bonds is 5. The summed E-state index contributed by atoms with van der Waals surface area (Å²) < 4.78 is 10.9. The highest BCUT2D eigenvalue weighted by Crippen LogP contribution is 2.49. The van der Waals surface area contributed by atoms with Gasteiger partial charge in [-0.25, -0.2) is 0 Å². The second-order valence-corrected chi connectivity index (χ2v) is 4.53. The number of methoxy groups -OCH3 is 1. The third-order valence-corrected chi connectivity index (χ3v) is 3.13. The molecule has 2 rings (SSSR count). The maximum atomic E-state index is 8.73. The molecule has 0 unspecified atom stereocenters. The van der Waals surface area contributed by atoms with Gasteiger partial charge in [-0.3, -0.25) is 0 Å². The molecule has 90 valence electrons. The Hall–Kier alpha value is -1.89. The highest BCUT2D eigenvalue weighted by molar-refractivity contribution is 5.51. The number of nitriles is 1. The lowest BCUT2D eigenvalue weighted by atomic mass is 10.1. The molecule has 0 heterocycles. The van der Waals surface area contributed by atoms with Crippen LogP contribution in [-0.2, 0) is 0 Å². The molecule has 1 aromatic rings. The van der Waals surface area contributed by atoms with Crippen molar-refractivity contribution < 1.29 is 9.47 Å². The minimum atomic E-state index is 0.0706. The highest BCUT2D eigenvalue weighted by atomic mass is 16.5. The van der Waals surface area contributed by atoms with Gasteiger partial charge in [0.05, 0.1) is 19.8 Å². The van der Waals surface area contributed by atoms with E-state index < -0.39 is 0 Å². The first-order chi connectivity index (χ1) is 8.19. The van der Waals surface area contributed by atoms with Gasteiger partial charge in [0.1, 0.15) is 0 Å². The zero-order chi connectivity index (χ0) is 12.3. The van der Waals surface area contributed by atoms with E-state index in [-0.39, 0.29) is 5.41 Å². The molecular formula is C13H16N2O2. The van der Waals surface area contributed by atoms with E-state index in [1.807, 2.05) is 0 Å². The van der Waals surface area contributed by atoms with Crippen LogP contribution in [0.15, 0.2) is 18.2 Å². The summed E-state index contributed by atoms with van der Waals surface area (Å²) in [5.74, 6) is 1.32. The lowest BCUT2D eigenvalue weighted by molar-refractivity contribution is 0.227. The zero-order valence-corrected chi connectivity index (χ0v) is 9.90. The van der Waals surface area contributed by atoms with E-state index in [0.29, 0.717) is 30.2 Å². The molecule has 1 aromatic carbocycles. The summed E-state index contributed by atoms with van der Waals surface area (Å²) in [6.45, 7) is 0.570. The Morgan fingerprint density at radius 1 is 1.41 bits per heavy atom. The Labute approximate surface area is 101 Å². The molecule has 0 aliphatic heterocycles. The van der Waals surface area contributed by atoms with Crippen LogP contribution in [0.25, 0.3) is 0 Å². The number of benzene rings is 1. The molecule has 0 atom stereocenters. The van der Waals surface area contributed by atoms with Crippen molar-refractivity contribution in [3.8, 4) is 17.6 Å². The maximum absolute atomic E-state index is 8.73. The van der Waals surface area contributed by atoms with Gasteiger partial charge in [0.15, 0.2) is 11.5 Å². The fourth-order valence-corrected chi connectivity index (χ4v) is 1.75. The molecule has 2 N–H and O–H groups in total. The molecule has 4 nitrogen and oxygen atoms in total. The van der Waals surface area contributed by atoms with Crippen molar-refractivity contribution in [2.45, 2.75) is 19.3 Å². The monoisotopic (exact) mass is 232 g/mol. The molecule has 0 bridgehead atoms. The van der Waals surface area contributed by atoms with Gasteiger partial charge in [0.2, 0.25) is 0 Å². The fraction of sp³-hybridized carbons (Fsp3) is 0.462. The van der Waals surface area contributed by atoms with Crippen molar-refractivity contribution in [2.24, 2.45) is 5.41 Å². The van der Waals surface area contributed by atoms with Crippen LogP contribution in [0.1, 0.15) is 19.3 Å². The van der Waals surface area contributed by atoms with Gasteiger partial charge in [-0.05, 0) is 25.0 Å². The lowest BCUT2D eigenvalue weighted by Crippen LogP contribution is -2.12. The minimum absolute atomic E-state index is 0.0706. The first-order valence-corrected chi connectivity index (χ1v) is 5.62. The summed E-state index contributed by atoms with van der Waals surface area (Å²) in [5, 5.41) is 8.73. The topological polar surface area (TPSA) is 68.3 Å². The van der Waals surface area contributed by atoms with Gasteiger partial charge in [-0.15, -0.1) is 0 Å². The first kappa shape index (κ1) is 11.6. The molecule has 0 amide bonds. The van der Waals surface area contributed by atoms with Crippen LogP contribution < -0.4 is 15.2 Å². The normalized spacial score (nSPS) is 16.0. The Bertz CT molecular complexity index is 447. The Morgan fingerprint density at radius 3 is 2.76 bits per heavy atom. The highest BCUT2D eigenvalue weighted by Gasteiger charge is 2.43. The molecule has 0 spiro atoms. The fourth-order valence-electron chi connectivity index (χ4n) is 1.75. The molecule has 1 aliphatic rings. The van der Waals surface area contributed by atoms with E-state index in [0.717, 1.165) is 12.8 Å². The van der Waals surface area contributed by atoms with Crippen LogP contribution in [0.2, 0.25) is 0 Å². The number of hydrogen-bond acceptors (Lipinski definition) is 4. The van der Waals surface area contributed by atoms with Crippen LogP contribution in [0.5, 0.6) is 11.5 Å². The minimum Gasteiger partial charge on any atom is -0.493 e. The number of nitrogens with zero attached hydrogens (tertiary/aromatic N) is 1.